The number of anilines is 1. The van der Waals surface area contributed by atoms with Crippen LogP contribution < -0.4 is 5.32 Å². The first-order valence-electron chi connectivity index (χ1n) is 5.19. The van der Waals surface area contributed by atoms with Gasteiger partial charge in [0, 0.05) is 23.1 Å². The Kier molecular flexibility index (Phi) is 5.87. The van der Waals surface area contributed by atoms with Gasteiger partial charge in [0.05, 0.1) is 6.07 Å². The minimum atomic E-state index is 0.677. The van der Waals surface area contributed by atoms with Crippen molar-refractivity contribution in [1.29, 1.82) is 5.26 Å². The predicted molar refractivity (Wildman–Crippen MR) is 66.7 cm³/mol. The van der Waals surface area contributed by atoms with E-state index in [2.05, 4.69) is 39.4 Å². The van der Waals surface area contributed by atoms with Crippen LogP contribution in [0.5, 0.6) is 0 Å². The maximum Gasteiger partial charge on any atom is 0.0621 e. The Morgan fingerprint density at radius 1 is 1.27 bits per heavy atom. The number of unbranched alkanes of at least 4 members (excludes halogenated alkanes) is 3. The summed E-state index contributed by atoms with van der Waals surface area (Å²) < 4.78 is 1.09. The fraction of sp³-hybridized carbons (Fsp3) is 0.417. The van der Waals surface area contributed by atoms with Crippen LogP contribution in [0.25, 0.3) is 0 Å². The fourth-order valence-corrected chi connectivity index (χ4v) is 1.74. The standard InChI is InChI=1S/C12H15BrN2/c13-11-6-5-7-12(10-11)15-9-4-2-1-3-8-14/h5-7,10,15H,1-4,9H2. The summed E-state index contributed by atoms with van der Waals surface area (Å²) in [7, 11) is 0. The van der Waals surface area contributed by atoms with Gasteiger partial charge in [-0.3, -0.25) is 0 Å². The highest BCUT2D eigenvalue weighted by molar-refractivity contribution is 9.10. The van der Waals surface area contributed by atoms with Crippen LogP contribution in [0.15, 0.2) is 28.7 Å². The van der Waals surface area contributed by atoms with Crippen molar-refractivity contribution in [1.82, 2.24) is 0 Å². The quantitative estimate of drug-likeness (QED) is 0.792. The molecule has 0 aliphatic carbocycles. The Hall–Kier alpha value is -1.01. The van der Waals surface area contributed by atoms with E-state index in [1.54, 1.807) is 0 Å². The second kappa shape index (κ2) is 7.30. The maximum absolute atomic E-state index is 8.36. The largest absolute Gasteiger partial charge is 0.385 e. The average molecular weight is 267 g/mol. The summed E-state index contributed by atoms with van der Waals surface area (Å²) in [6.07, 6.45) is 3.93. The number of halogens is 1. The molecular weight excluding hydrogens is 252 g/mol. The lowest BCUT2D eigenvalue weighted by atomic mass is 10.2. The van der Waals surface area contributed by atoms with Crippen molar-refractivity contribution in [3.05, 3.63) is 28.7 Å². The van der Waals surface area contributed by atoms with E-state index < -0.39 is 0 Å². The van der Waals surface area contributed by atoms with Gasteiger partial charge in [-0.25, -0.2) is 0 Å². The van der Waals surface area contributed by atoms with Crippen LogP contribution in [-0.2, 0) is 0 Å². The molecule has 0 spiro atoms. The molecule has 0 saturated carbocycles. The fourth-order valence-electron chi connectivity index (χ4n) is 1.34. The molecule has 0 fully saturated rings. The predicted octanol–water partition coefficient (Wildman–Crippen LogP) is 3.94. The molecule has 0 atom stereocenters. The summed E-state index contributed by atoms with van der Waals surface area (Å²) in [4.78, 5) is 0. The number of nitrogens with one attached hydrogen (secondary N) is 1. The van der Waals surface area contributed by atoms with E-state index in [0.29, 0.717) is 6.42 Å². The lowest BCUT2D eigenvalue weighted by Crippen LogP contribution is -2.00. The molecule has 1 N–H and O–H groups in total. The van der Waals surface area contributed by atoms with Gasteiger partial charge >= 0.3 is 0 Å². The Bertz CT molecular complexity index is 331. The van der Waals surface area contributed by atoms with Gasteiger partial charge in [0.25, 0.3) is 0 Å². The van der Waals surface area contributed by atoms with Crippen LogP contribution in [0.2, 0.25) is 0 Å². The zero-order valence-corrected chi connectivity index (χ0v) is 10.3. The second-order valence-corrected chi connectivity index (χ2v) is 4.32. The number of nitrogens with zero attached hydrogens (tertiary/aromatic N) is 1. The van der Waals surface area contributed by atoms with Crippen molar-refractivity contribution in [2.24, 2.45) is 0 Å². The SMILES string of the molecule is N#CCCCCCNc1cccc(Br)c1. The third-order valence-electron chi connectivity index (χ3n) is 2.12. The van der Waals surface area contributed by atoms with Gasteiger partial charge in [0.1, 0.15) is 0 Å². The van der Waals surface area contributed by atoms with Gasteiger partial charge in [0.15, 0.2) is 0 Å². The molecule has 0 amide bonds. The van der Waals surface area contributed by atoms with Crippen LogP contribution >= 0.6 is 15.9 Å². The molecule has 1 rings (SSSR count). The van der Waals surface area contributed by atoms with Crippen molar-refractivity contribution in [3.8, 4) is 6.07 Å². The van der Waals surface area contributed by atoms with Gasteiger partial charge in [-0.15, -0.1) is 0 Å². The molecule has 80 valence electrons. The minimum Gasteiger partial charge on any atom is -0.385 e. The molecule has 0 aliphatic rings. The molecule has 0 saturated heterocycles. The molecule has 1 aromatic rings. The van der Waals surface area contributed by atoms with Crippen LogP contribution in [0.4, 0.5) is 5.69 Å². The third kappa shape index (κ3) is 5.44. The Morgan fingerprint density at radius 3 is 2.87 bits per heavy atom. The van der Waals surface area contributed by atoms with Crippen LogP contribution in [0.1, 0.15) is 25.7 Å². The Morgan fingerprint density at radius 2 is 2.13 bits per heavy atom. The second-order valence-electron chi connectivity index (χ2n) is 3.41. The van der Waals surface area contributed by atoms with E-state index in [0.717, 1.165) is 36.0 Å². The van der Waals surface area contributed by atoms with Gasteiger partial charge in [-0.05, 0) is 31.0 Å². The highest BCUT2D eigenvalue weighted by Crippen LogP contribution is 2.15. The first-order chi connectivity index (χ1) is 7.33. The van der Waals surface area contributed by atoms with Gasteiger partial charge in [-0.2, -0.15) is 5.26 Å². The van der Waals surface area contributed by atoms with E-state index >= 15 is 0 Å². The molecule has 3 heteroatoms. The molecule has 2 nitrogen and oxygen atoms in total. The molecular formula is C12H15BrN2. The molecule has 0 unspecified atom stereocenters. The summed E-state index contributed by atoms with van der Waals surface area (Å²) >= 11 is 3.43. The topological polar surface area (TPSA) is 35.8 Å². The van der Waals surface area contributed by atoms with Gasteiger partial charge < -0.3 is 5.32 Å². The summed E-state index contributed by atoms with van der Waals surface area (Å²) in [5, 5.41) is 11.7. The number of hydrogen-bond donors (Lipinski definition) is 1. The van der Waals surface area contributed by atoms with Crippen molar-refractivity contribution < 1.29 is 0 Å². The number of hydrogen-bond acceptors (Lipinski definition) is 2. The van der Waals surface area contributed by atoms with E-state index in [1.807, 2.05) is 12.1 Å². The molecule has 0 aliphatic heterocycles. The van der Waals surface area contributed by atoms with Gasteiger partial charge in [-0.1, -0.05) is 28.4 Å². The molecule has 0 heterocycles. The average Bonchev–Trinajstić information content (AvgIpc) is 2.23. The first kappa shape index (κ1) is 12.1. The highest BCUT2D eigenvalue weighted by atomic mass is 79.9. The van der Waals surface area contributed by atoms with Crippen molar-refractivity contribution >= 4 is 21.6 Å². The first-order valence-corrected chi connectivity index (χ1v) is 5.98. The number of rotatable bonds is 6. The van der Waals surface area contributed by atoms with Crippen molar-refractivity contribution in [2.75, 3.05) is 11.9 Å². The summed E-state index contributed by atoms with van der Waals surface area (Å²) in [5.74, 6) is 0. The highest BCUT2D eigenvalue weighted by Gasteiger charge is 1.92. The van der Waals surface area contributed by atoms with E-state index in [9.17, 15) is 0 Å². The lowest BCUT2D eigenvalue weighted by Gasteiger charge is -2.05. The number of benzene rings is 1. The van der Waals surface area contributed by atoms with Crippen molar-refractivity contribution in [2.45, 2.75) is 25.7 Å². The minimum absolute atomic E-state index is 0.677. The van der Waals surface area contributed by atoms with Crippen LogP contribution in [0.3, 0.4) is 0 Å². The normalized spacial score (nSPS) is 9.60. The zero-order chi connectivity index (χ0) is 10.9. The van der Waals surface area contributed by atoms with Gasteiger partial charge in [0.2, 0.25) is 0 Å². The van der Waals surface area contributed by atoms with E-state index in [-0.39, 0.29) is 0 Å². The third-order valence-corrected chi connectivity index (χ3v) is 2.61. The van der Waals surface area contributed by atoms with Crippen LogP contribution in [0, 0.1) is 11.3 Å². The monoisotopic (exact) mass is 266 g/mol. The molecule has 0 radical (unpaired) electrons. The number of nitriles is 1. The molecule has 1 aromatic carbocycles. The summed E-state index contributed by atoms with van der Waals surface area (Å²) in [5.41, 5.74) is 1.14. The van der Waals surface area contributed by atoms with E-state index in [4.69, 9.17) is 5.26 Å². The molecule has 15 heavy (non-hydrogen) atoms. The summed E-state index contributed by atoms with van der Waals surface area (Å²) in [6, 6.07) is 10.3. The smallest absolute Gasteiger partial charge is 0.0621 e. The molecule has 0 bridgehead atoms. The zero-order valence-electron chi connectivity index (χ0n) is 8.67. The van der Waals surface area contributed by atoms with E-state index in [1.165, 1.54) is 0 Å². The Balaban J connectivity index is 2.13. The Labute approximate surface area is 99.4 Å². The van der Waals surface area contributed by atoms with Crippen molar-refractivity contribution in [3.63, 3.8) is 0 Å². The summed E-state index contributed by atoms with van der Waals surface area (Å²) in [6.45, 7) is 0.974. The van der Waals surface area contributed by atoms with Crippen LogP contribution in [-0.4, -0.2) is 6.54 Å². The molecule has 0 aromatic heterocycles. The lowest BCUT2D eigenvalue weighted by molar-refractivity contribution is 0.712. The maximum atomic E-state index is 8.36.